The lowest BCUT2D eigenvalue weighted by Gasteiger charge is -2.29. The van der Waals surface area contributed by atoms with Gasteiger partial charge in [0.2, 0.25) is 5.91 Å². The van der Waals surface area contributed by atoms with E-state index in [2.05, 4.69) is 5.32 Å². The highest BCUT2D eigenvalue weighted by Crippen LogP contribution is 2.33. The fourth-order valence-electron chi connectivity index (χ4n) is 2.96. The van der Waals surface area contributed by atoms with E-state index < -0.39 is 0 Å². The molecule has 1 aliphatic rings. The van der Waals surface area contributed by atoms with Crippen LogP contribution in [0.4, 0.5) is 5.69 Å². The molecule has 0 atom stereocenters. The zero-order valence-electron chi connectivity index (χ0n) is 17.1. The summed E-state index contributed by atoms with van der Waals surface area (Å²) in [7, 11) is 1.59. The van der Waals surface area contributed by atoms with Crippen molar-refractivity contribution >= 4 is 34.9 Å². The van der Waals surface area contributed by atoms with E-state index in [9.17, 15) is 14.4 Å². The van der Waals surface area contributed by atoms with E-state index in [0.717, 1.165) is 0 Å². The number of ketones is 1. The SMILES string of the molecule is COCCCNC(=O)CN1C(=O)COc2ccc(C(=O)COc3ccc(Cl)cc3)cc21. The Morgan fingerprint density at radius 2 is 1.97 bits per heavy atom. The Morgan fingerprint density at radius 1 is 1.19 bits per heavy atom. The fraction of sp³-hybridized carbons (Fsp3) is 0.318. The van der Waals surface area contributed by atoms with E-state index >= 15 is 0 Å². The quantitative estimate of drug-likeness (QED) is 0.445. The molecule has 0 fully saturated rings. The first kappa shape index (κ1) is 22.6. The second-order valence-corrected chi connectivity index (χ2v) is 7.25. The van der Waals surface area contributed by atoms with Gasteiger partial charge in [-0.2, -0.15) is 0 Å². The van der Waals surface area contributed by atoms with Crippen molar-refractivity contribution < 1.29 is 28.6 Å². The summed E-state index contributed by atoms with van der Waals surface area (Å²) >= 11 is 5.84. The highest BCUT2D eigenvalue weighted by atomic mass is 35.5. The Hall–Kier alpha value is -3.10. The van der Waals surface area contributed by atoms with Gasteiger partial charge in [0, 0.05) is 30.8 Å². The zero-order chi connectivity index (χ0) is 22.2. The monoisotopic (exact) mass is 446 g/mol. The number of anilines is 1. The lowest BCUT2D eigenvalue weighted by atomic mass is 10.1. The van der Waals surface area contributed by atoms with Gasteiger partial charge in [0.1, 0.15) is 18.0 Å². The number of hydrogen-bond acceptors (Lipinski definition) is 6. The van der Waals surface area contributed by atoms with Gasteiger partial charge in [-0.05, 0) is 48.9 Å². The number of Topliss-reactive ketones (excluding diaryl/α,β-unsaturated/α-hetero) is 1. The summed E-state index contributed by atoms with van der Waals surface area (Å²) in [5.41, 5.74) is 0.720. The second kappa shape index (κ2) is 10.8. The predicted molar refractivity (Wildman–Crippen MR) is 115 cm³/mol. The van der Waals surface area contributed by atoms with Gasteiger partial charge in [-0.25, -0.2) is 0 Å². The standard InChI is InChI=1S/C22H23ClN2O6/c1-29-10-2-9-24-21(27)12-25-18-11-15(3-8-20(18)31-14-22(25)28)19(26)13-30-17-6-4-16(23)5-7-17/h3-8,11H,2,9-10,12-14H2,1H3,(H,24,27). The molecule has 31 heavy (non-hydrogen) atoms. The summed E-state index contributed by atoms with van der Waals surface area (Å²) in [4.78, 5) is 38.5. The molecule has 0 saturated carbocycles. The number of methoxy groups -OCH3 is 1. The maximum absolute atomic E-state index is 12.6. The molecule has 0 radical (unpaired) electrons. The number of nitrogens with one attached hydrogen (secondary N) is 1. The van der Waals surface area contributed by atoms with Crippen LogP contribution in [-0.2, 0) is 14.3 Å². The maximum atomic E-state index is 12.6. The lowest BCUT2D eigenvalue weighted by molar-refractivity contribution is -0.125. The molecule has 2 aromatic carbocycles. The van der Waals surface area contributed by atoms with Crippen molar-refractivity contribution in [2.24, 2.45) is 0 Å². The number of fused-ring (bicyclic) bond motifs is 1. The molecule has 0 aliphatic carbocycles. The van der Waals surface area contributed by atoms with Gasteiger partial charge < -0.3 is 19.5 Å². The van der Waals surface area contributed by atoms with Crippen LogP contribution in [0, 0.1) is 0 Å². The minimum absolute atomic E-state index is 0.166. The number of nitrogens with zero attached hydrogens (tertiary/aromatic N) is 1. The largest absolute Gasteiger partial charge is 0.485 e. The molecule has 0 saturated heterocycles. The predicted octanol–water partition coefficient (Wildman–Crippen LogP) is 2.48. The Labute approximate surface area is 185 Å². The molecule has 1 heterocycles. The van der Waals surface area contributed by atoms with Gasteiger partial charge >= 0.3 is 0 Å². The average Bonchev–Trinajstić information content (AvgIpc) is 2.78. The van der Waals surface area contributed by atoms with Crippen LogP contribution in [0.5, 0.6) is 11.5 Å². The third-order valence-electron chi connectivity index (χ3n) is 4.56. The van der Waals surface area contributed by atoms with Crippen LogP contribution < -0.4 is 19.7 Å². The van der Waals surface area contributed by atoms with Crippen molar-refractivity contribution in [3.05, 3.63) is 53.1 Å². The van der Waals surface area contributed by atoms with E-state index in [-0.39, 0.29) is 37.4 Å². The van der Waals surface area contributed by atoms with Crippen LogP contribution in [0.1, 0.15) is 16.8 Å². The average molecular weight is 447 g/mol. The van der Waals surface area contributed by atoms with Crippen LogP contribution in [0.3, 0.4) is 0 Å². The molecule has 164 valence electrons. The summed E-state index contributed by atoms with van der Waals surface area (Å²) in [6.45, 7) is 0.453. The molecule has 3 rings (SSSR count). The third kappa shape index (κ3) is 6.19. The Kier molecular flexibility index (Phi) is 7.86. The van der Waals surface area contributed by atoms with Crippen molar-refractivity contribution in [3.8, 4) is 11.5 Å². The van der Waals surface area contributed by atoms with Gasteiger partial charge in [0.15, 0.2) is 19.0 Å². The molecule has 1 N–H and O–H groups in total. The van der Waals surface area contributed by atoms with Gasteiger partial charge in [-0.3, -0.25) is 19.3 Å². The Morgan fingerprint density at radius 3 is 2.71 bits per heavy atom. The molecule has 0 unspecified atom stereocenters. The number of carbonyl (C=O) groups is 3. The number of benzene rings is 2. The van der Waals surface area contributed by atoms with Crippen LogP contribution in [-0.4, -0.2) is 57.6 Å². The number of carbonyl (C=O) groups excluding carboxylic acids is 3. The van der Waals surface area contributed by atoms with Crippen molar-refractivity contribution in [2.75, 3.05) is 44.9 Å². The normalized spacial score (nSPS) is 12.7. The highest BCUT2D eigenvalue weighted by molar-refractivity contribution is 6.30. The Balaban J connectivity index is 1.67. The van der Waals surface area contributed by atoms with Gasteiger partial charge in [-0.1, -0.05) is 11.6 Å². The van der Waals surface area contributed by atoms with Gasteiger partial charge in [-0.15, -0.1) is 0 Å². The number of halogens is 1. The third-order valence-corrected chi connectivity index (χ3v) is 4.81. The van der Waals surface area contributed by atoms with Crippen LogP contribution in [0.15, 0.2) is 42.5 Å². The van der Waals surface area contributed by atoms with E-state index in [4.69, 9.17) is 25.8 Å². The van der Waals surface area contributed by atoms with E-state index in [1.165, 1.54) is 11.0 Å². The van der Waals surface area contributed by atoms with E-state index in [1.807, 2.05) is 0 Å². The topological polar surface area (TPSA) is 94.2 Å². The van der Waals surface area contributed by atoms with Crippen LogP contribution in [0.2, 0.25) is 5.02 Å². The molecule has 1 aliphatic heterocycles. The van der Waals surface area contributed by atoms with Crippen molar-refractivity contribution in [2.45, 2.75) is 6.42 Å². The summed E-state index contributed by atoms with van der Waals surface area (Å²) in [5, 5.41) is 3.32. The molecule has 0 bridgehead atoms. The summed E-state index contributed by atoms with van der Waals surface area (Å²) < 4.78 is 15.9. The van der Waals surface area contributed by atoms with Gasteiger partial charge in [0.05, 0.1) is 5.69 Å². The number of amides is 2. The van der Waals surface area contributed by atoms with Crippen molar-refractivity contribution in [3.63, 3.8) is 0 Å². The van der Waals surface area contributed by atoms with Crippen LogP contribution in [0.25, 0.3) is 0 Å². The molecule has 9 heteroatoms. The molecule has 0 spiro atoms. The van der Waals surface area contributed by atoms with Crippen molar-refractivity contribution in [1.29, 1.82) is 0 Å². The Bertz CT molecular complexity index is 948. The molecular weight excluding hydrogens is 424 g/mol. The second-order valence-electron chi connectivity index (χ2n) is 6.81. The van der Waals surface area contributed by atoms with E-state index in [0.29, 0.717) is 47.3 Å². The first-order valence-corrected chi connectivity index (χ1v) is 10.1. The summed E-state index contributed by atoms with van der Waals surface area (Å²) in [5.74, 6) is 0.00402. The molecule has 2 amide bonds. The van der Waals surface area contributed by atoms with Gasteiger partial charge in [0.25, 0.3) is 5.91 Å². The van der Waals surface area contributed by atoms with E-state index in [1.54, 1.807) is 43.5 Å². The molecule has 2 aromatic rings. The number of ether oxygens (including phenoxy) is 3. The highest BCUT2D eigenvalue weighted by Gasteiger charge is 2.28. The molecule has 0 aromatic heterocycles. The van der Waals surface area contributed by atoms with Crippen LogP contribution >= 0.6 is 11.6 Å². The molecule has 8 nitrogen and oxygen atoms in total. The maximum Gasteiger partial charge on any atom is 0.265 e. The minimum Gasteiger partial charge on any atom is -0.485 e. The summed E-state index contributed by atoms with van der Waals surface area (Å²) in [6.07, 6.45) is 0.669. The smallest absolute Gasteiger partial charge is 0.265 e. The molecular formula is C22H23ClN2O6. The zero-order valence-corrected chi connectivity index (χ0v) is 17.8. The van der Waals surface area contributed by atoms with Crippen molar-refractivity contribution in [1.82, 2.24) is 5.32 Å². The first-order valence-electron chi connectivity index (χ1n) is 9.72. The fourth-order valence-corrected chi connectivity index (χ4v) is 3.08. The first-order chi connectivity index (χ1) is 15.0. The minimum atomic E-state index is -0.360. The number of rotatable bonds is 10. The summed E-state index contributed by atoms with van der Waals surface area (Å²) in [6, 6.07) is 11.4. The lowest BCUT2D eigenvalue weighted by Crippen LogP contribution is -2.45. The number of hydrogen-bond donors (Lipinski definition) is 1.